The van der Waals surface area contributed by atoms with Gasteiger partial charge in [0, 0.05) is 0 Å². The van der Waals surface area contributed by atoms with Gasteiger partial charge in [-0.2, -0.15) is 0 Å². The fraction of sp³-hybridized carbons (Fsp3) is 0.692. The zero-order chi connectivity index (χ0) is 23.1. The molecule has 0 fully saturated rings. The molecule has 1 aromatic carbocycles. The quantitative estimate of drug-likeness (QED) is 0.201. The third-order valence-electron chi connectivity index (χ3n) is 5.24. The number of carbonyl (C=O) groups is 2. The van der Waals surface area contributed by atoms with Gasteiger partial charge in [0.05, 0.1) is 24.3 Å². The van der Waals surface area contributed by atoms with E-state index < -0.39 is 17.8 Å². The van der Waals surface area contributed by atoms with Crippen molar-refractivity contribution in [3.63, 3.8) is 0 Å². The van der Waals surface area contributed by atoms with Crippen molar-refractivity contribution in [2.45, 2.75) is 91.9 Å². The summed E-state index contributed by atoms with van der Waals surface area (Å²) in [5.41, 5.74) is -0.00937. The third-order valence-corrected chi connectivity index (χ3v) is 5.24. The summed E-state index contributed by atoms with van der Waals surface area (Å²) in [5, 5.41) is 0. The van der Waals surface area contributed by atoms with Crippen LogP contribution >= 0.6 is 0 Å². The maximum Gasteiger partial charge on any atom is 0.339 e. The topological polar surface area (TPSA) is 52.6 Å². The number of benzene rings is 1. The summed E-state index contributed by atoms with van der Waals surface area (Å²) in [4.78, 5) is 24.8. The van der Waals surface area contributed by atoms with Crippen LogP contribution in [0.5, 0.6) is 0 Å². The Balaban J connectivity index is 2.41. The molecule has 0 saturated carbocycles. The molecule has 0 aromatic heterocycles. The van der Waals surface area contributed by atoms with E-state index in [9.17, 15) is 14.0 Å². The van der Waals surface area contributed by atoms with Crippen LogP contribution < -0.4 is 0 Å². The zero-order valence-electron chi connectivity index (χ0n) is 19.9. The molecule has 0 N–H and O–H groups in total. The normalized spacial score (nSPS) is 11.2. The summed E-state index contributed by atoms with van der Waals surface area (Å²) in [6.45, 7) is 9.39. The molecule has 176 valence electrons. The van der Waals surface area contributed by atoms with Gasteiger partial charge in [0.15, 0.2) is 0 Å². The minimum atomic E-state index is -0.678. The van der Waals surface area contributed by atoms with Crippen LogP contribution in [-0.4, -0.2) is 25.2 Å². The zero-order valence-corrected chi connectivity index (χ0v) is 19.9. The molecular formula is C26H41FO4. The predicted molar refractivity (Wildman–Crippen MR) is 123 cm³/mol. The molecule has 0 unspecified atom stereocenters. The smallest absolute Gasteiger partial charge is 0.339 e. The van der Waals surface area contributed by atoms with Gasteiger partial charge in [-0.15, -0.1) is 0 Å². The number of hydrogen-bond acceptors (Lipinski definition) is 4. The number of ether oxygens (including phenoxy) is 2. The Bertz CT molecular complexity index is 655. The minimum Gasteiger partial charge on any atom is -0.462 e. The Hall–Kier alpha value is -1.91. The summed E-state index contributed by atoms with van der Waals surface area (Å²) in [6, 6.07) is 3.50. The second-order valence-corrected chi connectivity index (χ2v) is 9.16. The average Bonchev–Trinajstić information content (AvgIpc) is 2.71. The molecule has 0 saturated heterocycles. The van der Waals surface area contributed by atoms with Gasteiger partial charge >= 0.3 is 11.9 Å². The second kappa shape index (κ2) is 15.8. The second-order valence-electron chi connectivity index (χ2n) is 9.16. The van der Waals surface area contributed by atoms with E-state index in [-0.39, 0.29) is 17.7 Å². The average molecular weight is 437 g/mol. The Kier molecular flexibility index (Phi) is 13.8. The molecule has 5 heteroatoms. The highest BCUT2D eigenvalue weighted by Crippen LogP contribution is 2.16. The van der Waals surface area contributed by atoms with Gasteiger partial charge in [-0.1, -0.05) is 79.1 Å². The first-order valence-electron chi connectivity index (χ1n) is 11.9. The molecule has 0 spiro atoms. The van der Waals surface area contributed by atoms with Crippen molar-refractivity contribution in [1.29, 1.82) is 0 Å². The molecular weight excluding hydrogens is 395 g/mol. The van der Waals surface area contributed by atoms with E-state index >= 15 is 0 Å². The van der Waals surface area contributed by atoms with Crippen LogP contribution in [0.4, 0.5) is 4.39 Å². The highest BCUT2D eigenvalue weighted by molar-refractivity contribution is 6.03. The van der Waals surface area contributed by atoms with Gasteiger partial charge in [0.25, 0.3) is 0 Å². The molecule has 0 aliphatic heterocycles. The maximum atomic E-state index is 13.7. The molecule has 0 atom stereocenters. The van der Waals surface area contributed by atoms with Crippen LogP contribution in [-0.2, 0) is 9.47 Å². The molecule has 1 rings (SSSR count). The third kappa shape index (κ3) is 12.5. The highest BCUT2D eigenvalue weighted by Gasteiger charge is 2.20. The molecule has 0 aliphatic carbocycles. The van der Waals surface area contributed by atoms with Gasteiger partial charge in [-0.05, 0) is 42.9 Å². The molecule has 0 amide bonds. The van der Waals surface area contributed by atoms with Gasteiger partial charge in [0.2, 0.25) is 0 Å². The van der Waals surface area contributed by atoms with E-state index in [2.05, 4.69) is 27.7 Å². The predicted octanol–water partition coefficient (Wildman–Crippen LogP) is 7.35. The summed E-state index contributed by atoms with van der Waals surface area (Å²) in [7, 11) is 0. The number of halogens is 1. The monoisotopic (exact) mass is 436 g/mol. The largest absolute Gasteiger partial charge is 0.462 e. The van der Waals surface area contributed by atoms with E-state index in [4.69, 9.17) is 9.47 Å². The van der Waals surface area contributed by atoms with E-state index in [1.807, 2.05) is 0 Å². The lowest BCUT2D eigenvalue weighted by molar-refractivity contribution is 0.0450. The van der Waals surface area contributed by atoms with Gasteiger partial charge < -0.3 is 9.47 Å². The van der Waals surface area contributed by atoms with Crippen LogP contribution in [0, 0.1) is 17.7 Å². The van der Waals surface area contributed by atoms with Crippen molar-refractivity contribution in [2.75, 3.05) is 13.2 Å². The van der Waals surface area contributed by atoms with Crippen molar-refractivity contribution in [1.82, 2.24) is 0 Å². The lowest BCUT2D eigenvalue weighted by Crippen LogP contribution is -2.15. The Morgan fingerprint density at radius 3 is 1.65 bits per heavy atom. The van der Waals surface area contributed by atoms with Gasteiger partial charge in [0.1, 0.15) is 5.82 Å². The fourth-order valence-corrected chi connectivity index (χ4v) is 3.36. The lowest BCUT2D eigenvalue weighted by atomic mass is 10.0. The standard InChI is InChI=1S/C26H41FO4/c1-20(2)13-9-5-7-11-17-30-25(28)23-16-15-22(27)19-24(23)26(29)31-18-12-8-6-10-14-21(3)4/h15-16,19-21H,5-14,17-18H2,1-4H3. The summed E-state index contributed by atoms with van der Waals surface area (Å²) >= 11 is 0. The number of esters is 2. The van der Waals surface area contributed by atoms with E-state index in [1.54, 1.807) is 0 Å². The van der Waals surface area contributed by atoms with Crippen molar-refractivity contribution in [3.05, 3.63) is 35.1 Å². The van der Waals surface area contributed by atoms with Crippen molar-refractivity contribution in [2.24, 2.45) is 11.8 Å². The molecule has 0 aliphatic rings. The lowest BCUT2D eigenvalue weighted by Gasteiger charge is -2.10. The fourth-order valence-electron chi connectivity index (χ4n) is 3.36. The van der Waals surface area contributed by atoms with Crippen LogP contribution in [0.1, 0.15) is 113 Å². The minimum absolute atomic E-state index is 0.0585. The van der Waals surface area contributed by atoms with Crippen LogP contribution in [0.3, 0.4) is 0 Å². The first-order valence-corrected chi connectivity index (χ1v) is 11.9. The summed E-state index contributed by atoms with van der Waals surface area (Å²) in [5.74, 6) is -0.458. The summed E-state index contributed by atoms with van der Waals surface area (Å²) < 4.78 is 24.3. The number of hydrogen-bond donors (Lipinski definition) is 0. The van der Waals surface area contributed by atoms with Crippen molar-refractivity contribution in [3.8, 4) is 0 Å². The van der Waals surface area contributed by atoms with Crippen LogP contribution in [0.15, 0.2) is 18.2 Å². The SMILES string of the molecule is CC(C)CCCCCCOC(=O)c1ccc(F)cc1C(=O)OCCCCCCC(C)C. The van der Waals surface area contributed by atoms with Gasteiger partial charge in [-0.25, -0.2) is 14.0 Å². The molecule has 1 aromatic rings. The molecule has 0 heterocycles. The molecule has 4 nitrogen and oxygen atoms in total. The first kappa shape index (κ1) is 27.1. The molecule has 0 radical (unpaired) electrons. The molecule has 0 bridgehead atoms. The first-order chi connectivity index (χ1) is 14.8. The Labute approximate surface area is 187 Å². The van der Waals surface area contributed by atoms with E-state index in [1.165, 1.54) is 31.7 Å². The van der Waals surface area contributed by atoms with Crippen LogP contribution in [0.2, 0.25) is 0 Å². The maximum absolute atomic E-state index is 13.7. The van der Waals surface area contributed by atoms with Crippen molar-refractivity contribution < 1.29 is 23.5 Å². The molecule has 31 heavy (non-hydrogen) atoms. The Morgan fingerprint density at radius 1 is 0.710 bits per heavy atom. The number of unbranched alkanes of at least 4 members (excludes halogenated alkanes) is 6. The number of rotatable bonds is 16. The Morgan fingerprint density at radius 2 is 1.16 bits per heavy atom. The van der Waals surface area contributed by atoms with Crippen molar-refractivity contribution >= 4 is 11.9 Å². The van der Waals surface area contributed by atoms with E-state index in [0.717, 1.165) is 50.7 Å². The van der Waals surface area contributed by atoms with E-state index in [0.29, 0.717) is 18.4 Å². The number of carbonyl (C=O) groups excluding carboxylic acids is 2. The highest BCUT2D eigenvalue weighted by atomic mass is 19.1. The summed E-state index contributed by atoms with van der Waals surface area (Å²) in [6.07, 6.45) is 10.5. The van der Waals surface area contributed by atoms with Gasteiger partial charge in [-0.3, -0.25) is 0 Å². The van der Waals surface area contributed by atoms with Crippen LogP contribution in [0.25, 0.3) is 0 Å².